The fourth-order valence-corrected chi connectivity index (χ4v) is 7.41. The first-order valence-corrected chi connectivity index (χ1v) is 20.9. The molecule has 0 fully saturated rings. The maximum atomic E-state index is 12.5. The number of aryl methyl sites for hydroxylation is 2. The Bertz CT molecular complexity index is 2940. The fraction of sp³-hybridized carbons (Fsp3) is 0.121. The number of aromatic nitrogens is 3. The molecule has 0 amide bonds. The van der Waals surface area contributed by atoms with E-state index >= 15 is 0 Å². The number of ether oxygens (including phenoxy) is 1. The third-order valence-electron chi connectivity index (χ3n) is 7.90. The Balaban J connectivity index is 0.00000315. The zero-order valence-corrected chi connectivity index (χ0v) is 33.6. The number of fused-ring (bicyclic) bond motifs is 2. The topological polar surface area (TPSA) is 306 Å². The molecule has 6 rings (SSSR count). The zero-order valence-electron chi connectivity index (χ0n) is 29.6. The highest BCUT2D eigenvalue weighted by molar-refractivity contribution is 7.86. The maximum Gasteiger partial charge on any atom is 0.397 e. The molecular weight excluding hydrogens is 866 g/mol. The number of nitrogens with one attached hydrogen (secondary N) is 2. The third-order valence-corrected chi connectivity index (χ3v) is 10.3. The second kappa shape index (κ2) is 17.5. The molecule has 58 heavy (non-hydrogen) atoms. The van der Waals surface area contributed by atoms with Crippen LogP contribution in [0, 0.1) is 13.8 Å². The van der Waals surface area contributed by atoms with E-state index in [0.29, 0.717) is 11.1 Å². The third kappa shape index (κ3) is 10.5. The Morgan fingerprint density at radius 3 is 2.12 bits per heavy atom. The molecule has 0 saturated heterocycles. The highest BCUT2D eigenvalue weighted by Gasteiger charge is 2.23. The number of azo groups is 1. The van der Waals surface area contributed by atoms with Crippen LogP contribution < -0.4 is 15.4 Å². The lowest BCUT2D eigenvalue weighted by Crippen LogP contribution is -2.11. The van der Waals surface area contributed by atoms with Crippen molar-refractivity contribution in [3.8, 4) is 11.5 Å². The van der Waals surface area contributed by atoms with Crippen LogP contribution in [0.5, 0.6) is 11.5 Å². The number of hydrogen-bond acceptors (Lipinski definition) is 18. The van der Waals surface area contributed by atoms with E-state index in [2.05, 4.69) is 52.5 Å². The lowest BCUT2D eigenvalue weighted by atomic mass is 10.0. The number of nitrogens with zero attached hydrogens (tertiary/aromatic N) is 5. The van der Waals surface area contributed by atoms with Gasteiger partial charge in [-0.3, -0.25) is 13.7 Å². The summed E-state index contributed by atoms with van der Waals surface area (Å²) in [7, 11) is -14.3. The Morgan fingerprint density at radius 2 is 1.45 bits per heavy atom. The first kappa shape index (κ1) is 43.6. The van der Waals surface area contributed by atoms with Gasteiger partial charge in [0.2, 0.25) is 17.2 Å². The van der Waals surface area contributed by atoms with Crippen molar-refractivity contribution < 1.29 is 57.1 Å². The second-order valence-corrected chi connectivity index (χ2v) is 16.0. The van der Waals surface area contributed by atoms with Crippen LogP contribution in [0.4, 0.5) is 34.6 Å². The predicted octanol–water partition coefficient (Wildman–Crippen LogP) is 6.41. The maximum absolute atomic E-state index is 12.5. The molecule has 6 N–H and O–H groups in total. The molecule has 0 spiro atoms. The summed E-state index contributed by atoms with van der Waals surface area (Å²) < 4.78 is 117. The van der Waals surface area contributed by atoms with Crippen LogP contribution in [0.25, 0.3) is 21.5 Å². The SMILES string of the molecule is Cc1cc2cc(S(=O)(=O)O)cc(Nc3nc(Cl)nc(Nc4cccc(OCCOS(=O)(=O)O)c4)n3)c2c(O)c1N=Nc1ccc2c(C)cccc2c1S(=O)(=O)O.O=S. The summed E-state index contributed by atoms with van der Waals surface area (Å²) in [5.41, 5.74) is 0.830. The summed E-state index contributed by atoms with van der Waals surface area (Å²) in [5.74, 6) is -0.659. The van der Waals surface area contributed by atoms with Crippen molar-refractivity contribution in [3.05, 3.63) is 89.2 Å². The number of phenolic OH excluding ortho intramolecular Hbond substituents is 1. The van der Waals surface area contributed by atoms with Crippen molar-refractivity contribution >= 4 is 111 Å². The zero-order chi connectivity index (χ0) is 42.6. The molecule has 304 valence electrons. The van der Waals surface area contributed by atoms with Gasteiger partial charge in [0.25, 0.3) is 20.2 Å². The average Bonchev–Trinajstić information content (AvgIpc) is 3.12. The number of halogens is 1. The van der Waals surface area contributed by atoms with Crippen molar-refractivity contribution in [2.45, 2.75) is 23.6 Å². The molecule has 0 aliphatic rings. The van der Waals surface area contributed by atoms with E-state index in [9.17, 15) is 39.5 Å². The number of benzene rings is 5. The standard InChI is InChI=1S/C33H28ClN7O12S3.OS/c1-17-5-3-8-24-23(17)9-10-25(30(24)55(46,47)48)40-41-28-18(2)13-19-14-22(54(43,44)45)16-26(27(19)29(28)42)36-33-38-31(34)37-32(39-33)35-20-6-4-7-21(15-20)52-11-12-53-56(49,50)51;1-2/h3-10,13-16,42H,11-12H2,1-2H3,(H,43,44,45)(H,46,47,48)(H,49,50,51)(H2,35,36,37,38,39);. The Kier molecular flexibility index (Phi) is 13.1. The van der Waals surface area contributed by atoms with Gasteiger partial charge in [0.05, 0.1) is 10.6 Å². The fourth-order valence-electron chi connectivity index (χ4n) is 5.60. The minimum absolute atomic E-state index is 0.0463. The van der Waals surface area contributed by atoms with Crippen molar-refractivity contribution in [3.63, 3.8) is 0 Å². The van der Waals surface area contributed by atoms with E-state index in [4.69, 9.17) is 25.1 Å². The quantitative estimate of drug-likeness (QED) is 0.0414. The van der Waals surface area contributed by atoms with Crippen molar-refractivity contribution in [1.29, 1.82) is 0 Å². The van der Waals surface area contributed by atoms with E-state index in [1.807, 2.05) is 0 Å². The number of anilines is 4. The summed E-state index contributed by atoms with van der Waals surface area (Å²) in [5, 5.41) is 26.0. The van der Waals surface area contributed by atoms with Crippen molar-refractivity contribution in [1.82, 2.24) is 15.0 Å². The Labute approximate surface area is 339 Å². The molecule has 0 saturated carbocycles. The largest absolute Gasteiger partial charge is 0.505 e. The van der Waals surface area contributed by atoms with Gasteiger partial charge in [-0.15, -0.1) is 10.2 Å². The number of rotatable bonds is 13. The Morgan fingerprint density at radius 1 is 0.759 bits per heavy atom. The molecule has 0 radical (unpaired) electrons. The molecule has 0 aliphatic heterocycles. The highest BCUT2D eigenvalue weighted by atomic mass is 35.5. The number of phenols is 1. The summed E-state index contributed by atoms with van der Waals surface area (Å²) in [6, 6.07) is 17.6. The molecule has 20 nitrogen and oxygen atoms in total. The summed E-state index contributed by atoms with van der Waals surface area (Å²) in [6.45, 7) is 2.60. The van der Waals surface area contributed by atoms with Crippen LogP contribution in [0.3, 0.4) is 0 Å². The average molecular weight is 894 g/mol. The van der Waals surface area contributed by atoms with Gasteiger partial charge in [-0.1, -0.05) is 30.3 Å². The van der Waals surface area contributed by atoms with Crippen LogP contribution in [-0.2, 0) is 47.4 Å². The summed E-state index contributed by atoms with van der Waals surface area (Å²) >= 11 is 9.03. The van der Waals surface area contributed by atoms with Gasteiger partial charge in [-0.25, -0.2) is 4.18 Å². The molecule has 1 aromatic heterocycles. The van der Waals surface area contributed by atoms with Gasteiger partial charge in [0.1, 0.15) is 35.2 Å². The van der Waals surface area contributed by atoms with E-state index < -0.39 is 52.8 Å². The normalized spacial score (nSPS) is 12.0. The van der Waals surface area contributed by atoms with Crippen LogP contribution in [0.15, 0.2) is 92.8 Å². The number of hydrogen-bond donors (Lipinski definition) is 6. The lowest BCUT2D eigenvalue weighted by molar-refractivity contribution is 0.202. The van der Waals surface area contributed by atoms with Gasteiger partial charge in [-0.2, -0.15) is 44.4 Å². The van der Waals surface area contributed by atoms with Crippen molar-refractivity contribution in [2.75, 3.05) is 23.8 Å². The molecule has 6 aromatic rings. The monoisotopic (exact) mass is 893 g/mol. The smallest absolute Gasteiger partial charge is 0.397 e. The van der Waals surface area contributed by atoms with E-state index in [1.54, 1.807) is 43.3 Å². The molecule has 1 heterocycles. The highest BCUT2D eigenvalue weighted by Crippen LogP contribution is 2.44. The van der Waals surface area contributed by atoms with Crippen LogP contribution in [0.1, 0.15) is 11.1 Å². The van der Waals surface area contributed by atoms with E-state index in [0.717, 1.165) is 17.7 Å². The van der Waals surface area contributed by atoms with E-state index in [1.165, 1.54) is 31.2 Å². The van der Waals surface area contributed by atoms with Crippen LogP contribution in [0.2, 0.25) is 5.28 Å². The molecule has 25 heteroatoms. The first-order chi connectivity index (χ1) is 27.3. The summed E-state index contributed by atoms with van der Waals surface area (Å²) in [6.07, 6.45) is 0. The van der Waals surface area contributed by atoms with Crippen LogP contribution >= 0.6 is 11.6 Å². The minimum Gasteiger partial charge on any atom is -0.505 e. The first-order valence-electron chi connectivity index (χ1n) is 15.9. The second-order valence-electron chi connectivity index (χ2n) is 11.8. The van der Waals surface area contributed by atoms with Gasteiger partial charge < -0.3 is 20.5 Å². The van der Waals surface area contributed by atoms with Gasteiger partial charge in [0.15, 0.2) is 18.3 Å². The molecule has 5 aromatic carbocycles. The minimum atomic E-state index is -4.81. The molecule has 0 aliphatic carbocycles. The summed E-state index contributed by atoms with van der Waals surface area (Å²) in [4.78, 5) is 11.3. The Hall–Kier alpha value is -5.57. The van der Waals surface area contributed by atoms with Gasteiger partial charge in [-0.05, 0) is 83.7 Å². The molecular formula is C33H28ClN7O13S4. The van der Waals surface area contributed by atoms with Gasteiger partial charge >= 0.3 is 10.4 Å². The predicted molar refractivity (Wildman–Crippen MR) is 212 cm³/mol. The molecule has 0 atom stereocenters. The molecule has 0 unspecified atom stereocenters. The van der Waals surface area contributed by atoms with Crippen LogP contribution in [-0.4, -0.2) is 76.4 Å². The molecule has 0 bridgehead atoms. The van der Waals surface area contributed by atoms with Gasteiger partial charge in [0, 0.05) is 22.5 Å². The number of aromatic hydroxyl groups is 1. The lowest BCUT2D eigenvalue weighted by Gasteiger charge is -2.15. The van der Waals surface area contributed by atoms with Crippen molar-refractivity contribution in [2.24, 2.45) is 10.2 Å². The van der Waals surface area contributed by atoms with E-state index in [-0.39, 0.29) is 68.3 Å².